The van der Waals surface area contributed by atoms with Crippen molar-refractivity contribution >= 4 is 44.7 Å². The number of halogens is 2. The van der Waals surface area contributed by atoms with E-state index in [9.17, 15) is 4.79 Å². The van der Waals surface area contributed by atoms with Gasteiger partial charge in [0.05, 0.1) is 26.6 Å². The van der Waals surface area contributed by atoms with Gasteiger partial charge < -0.3 is 0 Å². The summed E-state index contributed by atoms with van der Waals surface area (Å²) in [5.41, 5.74) is 2.22. The minimum absolute atomic E-state index is 0.0526. The second-order valence-corrected chi connectivity index (χ2v) is 6.38. The van der Waals surface area contributed by atoms with Gasteiger partial charge in [0, 0.05) is 18.0 Å². The number of carbonyl (C=O) groups excluding carboxylic acids is 1. The highest BCUT2D eigenvalue weighted by Gasteiger charge is 2.16. The first-order chi connectivity index (χ1) is 7.99. The van der Waals surface area contributed by atoms with Crippen LogP contribution in [0.3, 0.4) is 0 Å². The molecule has 0 aromatic carbocycles. The Balaban J connectivity index is 2.24. The molecule has 0 aliphatic carbocycles. The third-order valence-electron chi connectivity index (χ3n) is 2.48. The molecule has 90 valence electrons. The molecule has 0 aliphatic rings. The molecule has 0 radical (unpaired) electrons. The van der Waals surface area contributed by atoms with E-state index in [-0.39, 0.29) is 12.2 Å². The van der Waals surface area contributed by atoms with Crippen LogP contribution >= 0.6 is 38.9 Å². The van der Waals surface area contributed by atoms with Crippen molar-refractivity contribution in [2.24, 2.45) is 7.05 Å². The molecular formula is C11H10BrClN2OS. The Labute approximate surface area is 117 Å². The van der Waals surface area contributed by atoms with Crippen LogP contribution in [-0.2, 0) is 13.5 Å². The number of Topliss-reactive ketones (excluding diaryl/α,β-unsaturated/α-hetero) is 1. The van der Waals surface area contributed by atoms with Gasteiger partial charge in [0.2, 0.25) is 0 Å². The van der Waals surface area contributed by atoms with Crippen LogP contribution in [0.25, 0.3) is 0 Å². The zero-order valence-corrected chi connectivity index (χ0v) is 12.5. The lowest BCUT2D eigenvalue weighted by atomic mass is 10.1. The number of carbonyl (C=O) groups is 1. The predicted molar refractivity (Wildman–Crippen MR) is 73.0 cm³/mol. The number of aromatic nitrogens is 2. The SMILES string of the molecule is Cc1nn(C)c(CC(=O)c2csc(Br)c2)c1Cl. The number of ketones is 1. The number of rotatable bonds is 3. The minimum atomic E-state index is 0.0526. The van der Waals surface area contributed by atoms with Gasteiger partial charge in [-0.15, -0.1) is 11.3 Å². The van der Waals surface area contributed by atoms with Gasteiger partial charge in [0.1, 0.15) is 0 Å². The molecule has 0 unspecified atom stereocenters. The molecule has 0 bridgehead atoms. The minimum Gasteiger partial charge on any atom is -0.294 e. The number of thiophene rings is 1. The maximum Gasteiger partial charge on any atom is 0.169 e. The van der Waals surface area contributed by atoms with Gasteiger partial charge in [-0.1, -0.05) is 11.6 Å². The van der Waals surface area contributed by atoms with E-state index in [2.05, 4.69) is 21.0 Å². The molecule has 17 heavy (non-hydrogen) atoms. The molecule has 0 atom stereocenters. The fourth-order valence-corrected chi connectivity index (χ4v) is 2.97. The van der Waals surface area contributed by atoms with Crippen molar-refractivity contribution in [2.75, 3.05) is 0 Å². The molecule has 2 rings (SSSR count). The van der Waals surface area contributed by atoms with E-state index < -0.39 is 0 Å². The Bertz CT molecular complexity index is 576. The lowest BCUT2D eigenvalue weighted by Gasteiger charge is -2.00. The fraction of sp³-hybridized carbons (Fsp3) is 0.273. The molecule has 0 amide bonds. The first-order valence-electron chi connectivity index (χ1n) is 4.94. The van der Waals surface area contributed by atoms with Crippen molar-refractivity contribution in [2.45, 2.75) is 13.3 Å². The van der Waals surface area contributed by atoms with E-state index in [0.717, 1.165) is 15.2 Å². The lowest BCUT2D eigenvalue weighted by molar-refractivity contribution is 0.0991. The number of hydrogen-bond donors (Lipinski definition) is 0. The number of hydrogen-bond acceptors (Lipinski definition) is 3. The highest BCUT2D eigenvalue weighted by Crippen LogP contribution is 2.24. The monoisotopic (exact) mass is 332 g/mol. The van der Waals surface area contributed by atoms with Gasteiger partial charge in [-0.05, 0) is 28.9 Å². The molecule has 2 heterocycles. The predicted octanol–water partition coefficient (Wildman–Crippen LogP) is 3.63. The third-order valence-corrected chi connectivity index (χ3v) is 4.48. The molecule has 2 aromatic heterocycles. The first-order valence-corrected chi connectivity index (χ1v) is 6.99. The summed E-state index contributed by atoms with van der Waals surface area (Å²) in [6.07, 6.45) is 0.277. The van der Waals surface area contributed by atoms with E-state index in [1.54, 1.807) is 11.7 Å². The normalized spacial score (nSPS) is 10.8. The summed E-state index contributed by atoms with van der Waals surface area (Å²) in [7, 11) is 1.80. The molecule has 0 aliphatic heterocycles. The molecule has 0 N–H and O–H groups in total. The van der Waals surface area contributed by atoms with Crippen LogP contribution in [0.15, 0.2) is 15.2 Å². The average molecular weight is 334 g/mol. The Morgan fingerprint density at radius 2 is 2.35 bits per heavy atom. The second kappa shape index (κ2) is 4.92. The van der Waals surface area contributed by atoms with E-state index in [1.165, 1.54) is 11.3 Å². The summed E-state index contributed by atoms with van der Waals surface area (Å²) in [6.45, 7) is 1.83. The Morgan fingerprint density at radius 3 is 2.82 bits per heavy atom. The molecule has 0 saturated carbocycles. The smallest absolute Gasteiger partial charge is 0.169 e. The van der Waals surface area contributed by atoms with Crippen LogP contribution in [0.2, 0.25) is 5.02 Å². The summed E-state index contributed by atoms with van der Waals surface area (Å²) < 4.78 is 2.62. The summed E-state index contributed by atoms with van der Waals surface area (Å²) in [4.78, 5) is 12.0. The summed E-state index contributed by atoms with van der Waals surface area (Å²) in [5, 5.41) is 6.60. The van der Waals surface area contributed by atoms with Gasteiger partial charge in [-0.3, -0.25) is 9.48 Å². The van der Waals surface area contributed by atoms with E-state index in [1.807, 2.05) is 18.4 Å². The highest BCUT2D eigenvalue weighted by atomic mass is 79.9. The van der Waals surface area contributed by atoms with Crippen molar-refractivity contribution in [1.29, 1.82) is 0 Å². The van der Waals surface area contributed by atoms with Gasteiger partial charge >= 0.3 is 0 Å². The molecular weight excluding hydrogens is 324 g/mol. The van der Waals surface area contributed by atoms with Crippen molar-refractivity contribution in [1.82, 2.24) is 9.78 Å². The average Bonchev–Trinajstić information content (AvgIpc) is 2.79. The number of nitrogens with zero attached hydrogens (tertiary/aromatic N) is 2. The standard InChI is InChI=1S/C11H10BrClN2OS/c1-6-11(13)8(15(2)14-6)4-9(16)7-3-10(12)17-5-7/h3,5H,4H2,1-2H3. The lowest BCUT2D eigenvalue weighted by Crippen LogP contribution is -2.07. The van der Waals surface area contributed by atoms with Gasteiger partial charge in [-0.2, -0.15) is 5.10 Å². The summed E-state index contributed by atoms with van der Waals surface area (Å²) in [6, 6.07) is 1.82. The van der Waals surface area contributed by atoms with Crippen LogP contribution in [0.5, 0.6) is 0 Å². The van der Waals surface area contributed by atoms with Crippen molar-refractivity contribution in [3.63, 3.8) is 0 Å². The van der Waals surface area contributed by atoms with Crippen LogP contribution in [-0.4, -0.2) is 15.6 Å². The maximum atomic E-state index is 12.0. The Kier molecular flexibility index (Phi) is 3.70. The Morgan fingerprint density at radius 1 is 1.65 bits per heavy atom. The maximum absolute atomic E-state index is 12.0. The molecule has 6 heteroatoms. The van der Waals surface area contributed by atoms with Crippen molar-refractivity contribution < 1.29 is 4.79 Å². The zero-order valence-electron chi connectivity index (χ0n) is 9.33. The molecule has 0 fully saturated rings. The first kappa shape index (κ1) is 12.8. The quantitative estimate of drug-likeness (QED) is 0.804. The molecule has 2 aromatic rings. The van der Waals surface area contributed by atoms with Gasteiger partial charge in [0.25, 0.3) is 0 Å². The van der Waals surface area contributed by atoms with Crippen LogP contribution in [0.1, 0.15) is 21.7 Å². The van der Waals surface area contributed by atoms with Crippen molar-refractivity contribution in [3.05, 3.63) is 37.2 Å². The van der Waals surface area contributed by atoms with E-state index in [4.69, 9.17) is 11.6 Å². The van der Waals surface area contributed by atoms with Crippen LogP contribution in [0.4, 0.5) is 0 Å². The highest BCUT2D eigenvalue weighted by molar-refractivity contribution is 9.11. The largest absolute Gasteiger partial charge is 0.294 e. The zero-order chi connectivity index (χ0) is 12.6. The summed E-state index contributed by atoms with van der Waals surface area (Å²) >= 11 is 10.9. The number of aryl methyl sites for hydroxylation is 2. The topological polar surface area (TPSA) is 34.9 Å². The van der Waals surface area contributed by atoms with Crippen molar-refractivity contribution in [3.8, 4) is 0 Å². The van der Waals surface area contributed by atoms with Gasteiger partial charge in [-0.25, -0.2) is 0 Å². The van der Waals surface area contributed by atoms with Crippen LogP contribution < -0.4 is 0 Å². The third kappa shape index (κ3) is 2.61. The Hall–Kier alpha value is -0.650. The second-order valence-electron chi connectivity index (χ2n) is 3.71. The fourth-order valence-electron chi connectivity index (χ4n) is 1.58. The summed E-state index contributed by atoms with van der Waals surface area (Å²) in [5.74, 6) is 0.0526. The molecule has 0 spiro atoms. The van der Waals surface area contributed by atoms with Gasteiger partial charge in [0.15, 0.2) is 5.78 Å². The van der Waals surface area contributed by atoms with E-state index in [0.29, 0.717) is 10.6 Å². The van der Waals surface area contributed by atoms with E-state index >= 15 is 0 Å². The van der Waals surface area contributed by atoms with Crippen LogP contribution in [0, 0.1) is 6.92 Å². The molecule has 0 saturated heterocycles. The molecule has 3 nitrogen and oxygen atoms in total.